The highest BCUT2D eigenvalue weighted by atomic mass is 16.3. The van der Waals surface area contributed by atoms with Crippen molar-refractivity contribution in [3.8, 4) is 5.75 Å². The molecule has 1 fully saturated rings. The first-order valence-electron chi connectivity index (χ1n) is 8.22. The topological polar surface area (TPSA) is 52.6 Å². The van der Waals surface area contributed by atoms with Crippen LogP contribution in [0.4, 0.5) is 5.69 Å². The van der Waals surface area contributed by atoms with E-state index in [9.17, 15) is 9.90 Å². The molecule has 1 aliphatic rings. The fourth-order valence-electron chi connectivity index (χ4n) is 2.90. The fraction of sp³-hybridized carbons (Fsp3) is 0.250. The van der Waals surface area contributed by atoms with Gasteiger partial charge in [-0.25, -0.2) is 0 Å². The number of phenols is 1. The summed E-state index contributed by atoms with van der Waals surface area (Å²) in [5.41, 5.74) is 2.71. The summed E-state index contributed by atoms with van der Waals surface area (Å²) in [6.45, 7) is 5.15. The first-order chi connectivity index (χ1) is 11.6. The lowest BCUT2D eigenvalue weighted by Gasteiger charge is -2.35. The number of carbonyl (C=O) groups is 1. The minimum atomic E-state index is -0.0250. The summed E-state index contributed by atoms with van der Waals surface area (Å²) in [5, 5.41) is 12.6. The van der Waals surface area contributed by atoms with E-state index in [2.05, 4.69) is 17.1 Å². The Balaban J connectivity index is 1.68. The Bertz CT molecular complexity index is 720. The highest BCUT2D eigenvalue weighted by Crippen LogP contribution is 2.19. The molecule has 0 spiro atoms. The van der Waals surface area contributed by atoms with Crippen LogP contribution >= 0.6 is 0 Å². The van der Waals surface area contributed by atoms with Crippen molar-refractivity contribution in [2.45, 2.75) is 13.0 Å². The summed E-state index contributed by atoms with van der Waals surface area (Å²) < 4.78 is 0. The van der Waals surface area contributed by atoms with E-state index in [4.69, 9.17) is 0 Å². The third-order valence-corrected chi connectivity index (χ3v) is 4.31. The largest absolute Gasteiger partial charge is 0.508 e. The van der Waals surface area contributed by atoms with Gasteiger partial charge in [-0.1, -0.05) is 18.2 Å². The number of nitrogens with one attached hydrogen (secondary N) is 1. The van der Waals surface area contributed by atoms with Gasteiger partial charge in [0.15, 0.2) is 5.78 Å². The van der Waals surface area contributed by atoms with Crippen LogP contribution < -0.4 is 10.2 Å². The predicted octanol–water partition coefficient (Wildman–Crippen LogP) is 3.09. The Kier molecular flexibility index (Phi) is 4.96. The van der Waals surface area contributed by atoms with Crippen molar-refractivity contribution in [1.29, 1.82) is 0 Å². The predicted molar refractivity (Wildman–Crippen MR) is 97.6 cm³/mol. The summed E-state index contributed by atoms with van der Waals surface area (Å²) in [6.07, 6.45) is 3.32. The van der Waals surface area contributed by atoms with Crippen LogP contribution in [-0.2, 0) is 0 Å². The Morgan fingerprint density at radius 1 is 1.17 bits per heavy atom. The minimum absolute atomic E-state index is 0.0250. The van der Waals surface area contributed by atoms with Gasteiger partial charge in [0.2, 0.25) is 0 Å². The molecule has 0 aliphatic carbocycles. The van der Waals surface area contributed by atoms with Gasteiger partial charge in [0.05, 0.1) is 0 Å². The molecule has 0 aromatic heterocycles. The van der Waals surface area contributed by atoms with E-state index in [0.29, 0.717) is 11.6 Å². The SMILES string of the molecule is CC1CNCCN1c1ccc(C(=O)/C=C/c2ccc(O)cc2)cc1. The number of rotatable bonds is 4. The maximum absolute atomic E-state index is 12.3. The normalized spacial score (nSPS) is 18.0. The van der Waals surface area contributed by atoms with Gasteiger partial charge in [-0.05, 0) is 55.0 Å². The summed E-state index contributed by atoms with van der Waals surface area (Å²) in [5.74, 6) is 0.194. The highest BCUT2D eigenvalue weighted by Gasteiger charge is 2.18. The molecular formula is C20H22N2O2. The monoisotopic (exact) mass is 322 g/mol. The Hall–Kier alpha value is -2.59. The van der Waals surface area contributed by atoms with Crippen molar-refractivity contribution in [3.05, 3.63) is 65.7 Å². The van der Waals surface area contributed by atoms with Crippen molar-refractivity contribution in [2.24, 2.45) is 0 Å². The molecule has 4 nitrogen and oxygen atoms in total. The van der Waals surface area contributed by atoms with E-state index in [0.717, 1.165) is 30.9 Å². The van der Waals surface area contributed by atoms with Gasteiger partial charge in [0.1, 0.15) is 5.75 Å². The molecule has 2 aromatic rings. The van der Waals surface area contributed by atoms with Crippen molar-refractivity contribution in [2.75, 3.05) is 24.5 Å². The number of anilines is 1. The summed E-state index contributed by atoms with van der Waals surface area (Å²) in [7, 11) is 0. The van der Waals surface area contributed by atoms with Gasteiger partial charge in [-0.2, -0.15) is 0 Å². The molecule has 1 atom stereocenters. The lowest BCUT2D eigenvalue weighted by molar-refractivity contribution is 0.104. The minimum Gasteiger partial charge on any atom is -0.508 e. The molecule has 1 heterocycles. The second-order valence-electron chi connectivity index (χ2n) is 6.08. The number of allylic oxidation sites excluding steroid dienone is 1. The third-order valence-electron chi connectivity index (χ3n) is 4.31. The second kappa shape index (κ2) is 7.32. The molecule has 0 saturated carbocycles. The Morgan fingerprint density at radius 2 is 1.88 bits per heavy atom. The average molecular weight is 322 g/mol. The number of phenolic OH excluding ortho intramolecular Hbond substituents is 1. The Morgan fingerprint density at radius 3 is 2.54 bits per heavy atom. The van der Waals surface area contributed by atoms with Crippen LogP contribution in [0.1, 0.15) is 22.8 Å². The number of aromatic hydroxyl groups is 1. The molecular weight excluding hydrogens is 300 g/mol. The lowest BCUT2D eigenvalue weighted by Crippen LogP contribution is -2.49. The van der Waals surface area contributed by atoms with E-state index in [1.165, 1.54) is 0 Å². The van der Waals surface area contributed by atoms with Crippen LogP contribution in [0.5, 0.6) is 5.75 Å². The summed E-state index contributed by atoms with van der Waals surface area (Å²) in [4.78, 5) is 14.6. The van der Waals surface area contributed by atoms with Crippen LogP contribution in [0, 0.1) is 0 Å². The molecule has 1 saturated heterocycles. The summed E-state index contributed by atoms with van der Waals surface area (Å²) >= 11 is 0. The van der Waals surface area contributed by atoms with Crippen LogP contribution in [0.15, 0.2) is 54.6 Å². The Labute approximate surface area is 142 Å². The van der Waals surface area contributed by atoms with E-state index >= 15 is 0 Å². The number of carbonyl (C=O) groups excluding carboxylic acids is 1. The van der Waals surface area contributed by atoms with Crippen LogP contribution in [0.3, 0.4) is 0 Å². The molecule has 24 heavy (non-hydrogen) atoms. The van der Waals surface area contributed by atoms with E-state index in [-0.39, 0.29) is 11.5 Å². The first kappa shape index (κ1) is 16.3. The quantitative estimate of drug-likeness (QED) is 0.671. The molecule has 1 unspecified atom stereocenters. The van der Waals surface area contributed by atoms with Gasteiger partial charge in [-0.3, -0.25) is 4.79 Å². The van der Waals surface area contributed by atoms with Crippen LogP contribution in [0.2, 0.25) is 0 Å². The molecule has 124 valence electrons. The third kappa shape index (κ3) is 3.84. The van der Waals surface area contributed by atoms with Crippen molar-refractivity contribution >= 4 is 17.5 Å². The second-order valence-corrected chi connectivity index (χ2v) is 6.08. The number of hydrogen-bond donors (Lipinski definition) is 2. The molecule has 1 aliphatic heterocycles. The van der Waals surface area contributed by atoms with E-state index in [1.54, 1.807) is 36.4 Å². The van der Waals surface area contributed by atoms with Gasteiger partial charge in [-0.15, -0.1) is 0 Å². The zero-order chi connectivity index (χ0) is 16.9. The molecule has 4 heteroatoms. The van der Waals surface area contributed by atoms with Crippen molar-refractivity contribution in [1.82, 2.24) is 5.32 Å². The zero-order valence-electron chi connectivity index (χ0n) is 13.8. The smallest absolute Gasteiger partial charge is 0.185 e. The number of hydrogen-bond acceptors (Lipinski definition) is 4. The van der Waals surface area contributed by atoms with E-state index in [1.807, 2.05) is 24.3 Å². The number of piperazine rings is 1. The van der Waals surface area contributed by atoms with Crippen LogP contribution in [-0.4, -0.2) is 36.6 Å². The van der Waals surface area contributed by atoms with Crippen molar-refractivity contribution < 1.29 is 9.90 Å². The lowest BCUT2D eigenvalue weighted by atomic mass is 10.1. The molecule has 2 N–H and O–H groups in total. The maximum atomic E-state index is 12.3. The molecule has 0 bridgehead atoms. The molecule has 0 amide bonds. The molecule has 3 rings (SSSR count). The number of nitrogens with zero attached hydrogens (tertiary/aromatic N) is 1. The van der Waals surface area contributed by atoms with Gasteiger partial charge < -0.3 is 15.3 Å². The average Bonchev–Trinajstić information content (AvgIpc) is 2.61. The maximum Gasteiger partial charge on any atom is 0.185 e. The number of benzene rings is 2. The fourth-order valence-corrected chi connectivity index (χ4v) is 2.90. The highest BCUT2D eigenvalue weighted by molar-refractivity contribution is 6.07. The summed E-state index contributed by atoms with van der Waals surface area (Å²) in [6, 6.07) is 15.0. The zero-order valence-corrected chi connectivity index (χ0v) is 13.8. The molecule has 0 radical (unpaired) electrons. The van der Waals surface area contributed by atoms with Gasteiger partial charge >= 0.3 is 0 Å². The van der Waals surface area contributed by atoms with Gasteiger partial charge in [0.25, 0.3) is 0 Å². The number of ketones is 1. The van der Waals surface area contributed by atoms with Gasteiger partial charge in [0, 0.05) is 36.9 Å². The van der Waals surface area contributed by atoms with E-state index < -0.39 is 0 Å². The standard InChI is InChI=1S/C20H22N2O2/c1-15-14-21-12-13-22(15)18-7-5-17(6-8-18)20(24)11-4-16-2-9-19(23)10-3-16/h2-11,15,21,23H,12-14H2,1H3/b11-4+. The van der Waals surface area contributed by atoms with Crippen molar-refractivity contribution in [3.63, 3.8) is 0 Å². The molecule has 2 aromatic carbocycles. The first-order valence-corrected chi connectivity index (χ1v) is 8.22. The van der Waals surface area contributed by atoms with Crippen LogP contribution in [0.25, 0.3) is 6.08 Å².